The molecule has 2 rings (SSSR count). The first-order chi connectivity index (χ1) is 7.72. The summed E-state index contributed by atoms with van der Waals surface area (Å²) in [6, 6.07) is 4.97. The number of nitrogens with one attached hydrogen (secondary N) is 1. The number of hydrogen-bond acceptors (Lipinski definition) is 4. The van der Waals surface area contributed by atoms with Gasteiger partial charge >= 0.3 is 0 Å². The van der Waals surface area contributed by atoms with Gasteiger partial charge in [-0.15, -0.1) is 0 Å². The van der Waals surface area contributed by atoms with Crippen molar-refractivity contribution in [2.24, 2.45) is 0 Å². The van der Waals surface area contributed by atoms with Crippen LogP contribution in [0, 0.1) is 17.1 Å². The van der Waals surface area contributed by atoms with E-state index in [0.29, 0.717) is 10.1 Å². The van der Waals surface area contributed by atoms with Gasteiger partial charge in [-0.2, -0.15) is 10.4 Å². The Morgan fingerprint density at radius 3 is 2.94 bits per heavy atom. The standard InChI is InChI=1S/C9H4BrFN4S/c10-7-5(3-12)1-2-6(8(7)11)16-9-13-4-14-15-9/h1-2,4H,(H,13,14,15). The molecule has 1 aromatic carbocycles. The second kappa shape index (κ2) is 4.63. The average molecular weight is 299 g/mol. The molecule has 0 saturated carbocycles. The van der Waals surface area contributed by atoms with Crippen molar-refractivity contribution in [2.45, 2.75) is 10.1 Å². The molecule has 1 N–H and O–H groups in total. The highest BCUT2D eigenvalue weighted by Crippen LogP contribution is 2.32. The predicted octanol–water partition coefficient (Wildman–Crippen LogP) is 2.73. The zero-order chi connectivity index (χ0) is 11.5. The molecule has 0 spiro atoms. The minimum absolute atomic E-state index is 0.166. The van der Waals surface area contributed by atoms with Gasteiger partial charge in [0.05, 0.1) is 14.9 Å². The van der Waals surface area contributed by atoms with Gasteiger partial charge in [-0.1, -0.05) is 0 Å². The first kappa shape index (κ1) is 11.1. The van der Waals surface area contributed by atoms with Crippen molar-refractivity contribution in [1.82, 2.24) is 15.2 Å². The van der Waals surface area contributed by atoms with Crippen LogP contribution >= 0.6 is 27.7 Å². The fraction of sp³-hybridized carbons (Fsp3) is 0. The van der Waals surface area contributed by atoms with Crippen molar-refractivity contribution >= 4 is 27.7 Å². The molecule has 0 aliphatic heterocycles. The van der Waals surface area contributed by atoms with Crippen LogP contribution in [0.1, 0.15) is 5.56 Å². The van der Waals surface area contributed by atoms with E-state index in [0.717, 1.165) is 11.8 Å². The highest BCUT2D eigenvalue weighted by molar-refractivity contribution is 9.10. The molecule has 0 unspecified atom stereocenters. The van der Waals surface area contributed by atoms with E-state index in [1.54, 1.807) is 6.07 Å². The number of rotatable bonds is 2. The van der Waals surface area contributed by atoms with E-state index in [-0.39, 0.29) is 10.0 Å². The van der Waals surface area contributed by atoms with E-state index < -0.39 is 5.82 Å². The fourth-order valence-electron chi connectivity index (χ4n) is 1.04. The smallest absolute Gasteiger partial charge is 0.188 e. The Bertz CT molecular complexity index is 549. The normalized spacial score (nSPS) is 10.1. The van der Waals surface area contributed by atoms with E-state index in [9.17, 15) is 4.39 Å². The maximum absolute atomic E-state index is 13.8. The number of aromatic amines is 1. The largest absolute Gasteiger partial charge is 0.254 e. The fourth-order valence-corrected chi connectivity index (χ4v) is 2.34. The molecule has 0 saturated heterocycles. The van der Waals surface area contributed by atoms with Crippen molar-refractivity contribution in [1.29, 1.82) is 5.26 Å². The Morgan fingerprint density at radius 1 is 1.50 bits per heavy atom. The minimum atomic E-state index is -0.472. The summed E-state index contributed by atoms with van der Waals surface area (Å²) < 4.78 is 13.9. The van der Waals surface area contributed by atoms with Crippen LogP contribution in [0.15, 0.2) is 33.0 Å². The molecule has 2 aromatic rings. The molecule has 0 bridgehead atoms. The van der Waals surface area contributed by atoms with Crippen LogP contribution in [-0.2, 0) is 0 Å². The summed E-state index contributed by atoms with van der Waals surface area (Å²) in [4.78, 5) is 4.25. The number of H-pyrrole nitrogens is 1. The Balaban J connectivity index is 2.37. The maximum atomic E-state index is 13.8. The average Bonchev–Trinajstić information content (AvgIpc) is 2.78. The van der Waals surface area contributed by atoms with Crippen molar-refractivity contribution in [3.05, 3.63) is 34.3 Å². The van der Waals surface area contributed by atoms with Crippen molar-refractivity contribution in [3.63, 3.8) is 0 Å². The third kappa shape index (κ3) is 2.08. The SMILES string of the molecule is N#Cc1ccc(Sc2ncn[nH]2)c(F)c1Br. The lowest BCUT2D eigenvalue weighted by molar-refractivity contribution is 0.594. The number of nitrogens with zero attached hydrogens (tertiary/aromatic N) is 3. The highest BCUT2D eigenvalue weighted by atomic mass is 79.9. The van der Waals surface area contributed by atoms with Gasteiger partial charge in [0.1, 0.15) is 12.4 Å². The van der Waals surface area contributed by atoms with Crippen LogP contribution in [0.25, 0.3) is 0 Å². The minimum Gasteiger partial charge on any atom is -0.254 e. The molecule has 0 atom stereocenters. The van der Waals surface area contributed by atoms with E-state index >= 15 is 0 Å². The Kier molecular flexibility index (Phi) is 3.22. The number of nitriles is 1. The van der Waals surface area contributed by atoms with Crippen LogP contribution in [0.3, 0.4) is 0 Å². The maximum Gasteiger partial charge on any atom is 0.188 e. The Labute approximate surface area is 103 Å². The third-order valence-corrected chi connectivity index (χ3v) is 3.47. The molecule has 0 radical (unpaired) electrons. The molecule has 0 fully saturated rings. The molecule has 0 amide bonds. The highest BCUT2D eigenvalue weighted by Gasteiger charge is 2.12. The number of aromatic nitrogens is 3. The number of hydrogen-bond donors (Lipinski definition) is 1. The zero-order valence-electron chi connectivity index (χ0n) is 7.74. The number of benzene rings is 1. The molecule has 0 aliphatic carbocycles. The Morgan fingerprint density at radius 2 is 2.31 bits per heavy atom. The quantitative estimate of drug-likeness (QED) is 0.926. The molecule has 4 nitrogen and oxygen atoms in total. The molecule has 0 aliphatic rings. The summed E-state index contributed by atoms with van der Waals surface area (Å²) in [6.45, 7) is 0. The van der Waals surface area contributed by atoms with E-state index in [4.69, 9.17) is 5.26 Å². The van der Waals surface area contributed by atoms with Crippen molar-refractivity contribution in [2.75, 3.05) is 0 Å². The van der Waals surface area contributed by atoms with Gasteiger partial charge in [0.25, 0.3) is 0 Å². The van der Waals surface area contributed by atoms with Gasteiger partial charge in [0.15, 0.2) is 11.0 Å². The molecule has 80 valence electrons. The van der Waals surface area contributed by atoms with Gasteiger partial charge in [0, 0.05) is 0 Å². The topological polar surface area (TPSA) is 65.4 Å². The van der Waals surface area contributed by atoms with Crippen LogP contribution in [0.2, 0.25) is 0 Å². The van der Waals surface area contributed by atoms with E-state index in [1.807, 2.05) is 6.07 Å². The summed E-state index contributed by atoms with van der Waals surface area (Å²) in [6.07, 6.45) is 1.35. The van der Waals surface area contributed by atoms with Gasteiger partial charge < -0.3 is 0 Å². The monoisotopic (exact) mass is 298 g/mol. The second-order valence-electron chi connectivity index (χ2n) is 2.74. The summed E-state index contributed by atoms with van der Waals surface area (Å²) in [5.74, 6) is -0.472. The lowest BCUT2D eigenvalue weighted by atomic mass is 10.2. The molecular weight excluding hydrogens is 295 g/mol. The van der Waals surface area contributed by atoms with Crippen LogP contribution in [0.4, 0.5) is 4.39 Å². The zero-order valence-corrected chi connectivity index (χ0v) is 10.1. The molecule has 16 heavy (non-hydrogen) atoms. The van der Waals surface area contributed by atoms with Gasteiger partial charge in [0.2, 0.25) is 0 Å². The predicted molar refractivity (Wildman–Crippen MR) is 59.3 cm³/mol. The summed E-state index contributed by atoms with van der Waals surface area (Å²) in [5, 5.41) is 15.5. The number of halogens is 2. The third-order valence-electron chi connectivity index (χ3n) is 1.77. The first-order valence-electron chi connectivity index (χ1n) is 4.13. The molecular formula is C9H4BrFN4S. The van der Waals surface area contributed by atoms with Crippen LogP contribution in [-0.4, -0.2) is 15.2 Å². The van der Waals surface area contributed by atoms with E-state index in [1.165, 1.54) is 12.4 Å². The van der Waals surface area contributed by atoms with Gasteiger partial charge in [-0.3, -0.25) is 5.10 Å². The summed E-state index contributed by atoms with van der Waals surface area (Å²) >= 11 is 4.15. The second-order valence-corrected chi connectivity index (χ2v) is 4.57. The molecule has 7 heteroatoms. The van der Waals surface area contributed by atoms with Crippen molar-refractivity contribution < 1.29 is 4.39 Å². The summed E-state index contributed by atoms with van der Waals surface area (Å²) in [5.41, 5.74) is 0.263. The van der Waals surface area contributed by atoms with Crippen LogP contribution < -0.4 is 0 Å². The molecule has 1 aromatic heterocycles. The lowest BCUT2D eigenvalue weighted by Gasteiger charge is -2.03. The molecule has 1 heterocycles. The van der Waals surface area contributed by atoms with E-state index in [2.05, 4.69) is 31.1 Å². The Hall–Kier alpha value is -1.39. The van der Waals surface area contributed by atoms with Gasteiger partial charge in [-0.25, -0.2) is 9.37 Å². The summed E-state index contributed by atoms with van der Waals surface area (Å²) in [7, 11) is 0. The first-order valence-corrected chi connectivity index (χ1v) is 5.74. The van der Waals surface area contributed by atoms with Gasteiger partial charge in [-0.05, 0) is 39.8 Å². The van der Waals surface area contributed by atoms with Crippen LogP contribution in [0.5, 0.6) is 0 Å². The lowest BCUT2D eigenvalue weighted by Crippen LogP contribution is -1.88. The van der Waals surface area contributed by atoms with Crippen molar-refractivity contribution in [3.8, 4) is 6.07 Å².